The molecule has 0 amide bonds. The van der Waals surface area contributed by atoms with E-state index >= 15 is 0 Å². The fourth-order valence-electron chi connectivity index (χ4n) is 0.640. The Morgan fingerprint density at radius 3 is 2.15 bits per heavy atom. The molecule has 0 heterocycles. The molecule has 0 atom stereocenters. The van der Waals surface area contributed by atoms with Gasteiger partial charge in [-0.05, 0) is 19.9 Å². The lowest BCUT2D eigenvalue weighted by molar-refractivity contribution is -0.0925. The Balaban J connectivity index is 4.67. The molecular weight excluding hydrogens is 181 g/mol. The van der Waals surface area contributed by atoms with Crippen molar-refractivity contribution in [3.8, 4) is 0 Å². The van der Waals surface area contributed by atoms with Crippen LogP contribution < -0.4 is 5.73 Å². The zero-order valence-electron chi connectivity index (χ0n) is 7.44. The molecule has 0 aromatic heterocycles. The minimum atomic E-state index is -4.49. The van der Waals surface area contributed by atoms with Gasteiger partial charge in [0.15, 0.2) is 0 Å². The Bertz CT molecular complexity index is 261. The average molecular weight is 192 g/mol. The van der Waals surface area contributed by atoms with Crippen LogP contribution in [0.3, 0.4) is 0 Å². The summed E-state index contributed by atoms with van der Waals surface area (Å²) in [5, 5.41) is 0. The second-order valence-electron chi connectivity index (χ2n) is 2.59. The van der Waals surface area contributed by atoms with Crippen molar-refractivity contribution in [3.05, 3.63) is 24.0 Å². The summed E-state index contributed by atoms with van der Waals surface area (Å²) in [6, 6.07) is 0. The van der Waals surface area contributed by atoms with Crippen LogP contribution in [0, 0.1) is 0 Å². The smallest absolute Gasteiger partial charge is 0.395 e. The molecule has 0 fully saturated rings. The lowest BCUT2D eigenvalue weighted by Gasteiger charge is -2.05. The average Bonchev–Trinajstić information content (AvgIpc) is 1.82. The molecular formula is C8H11F3N2. The Labute approximate surface area is 74.6 Å². The summed E-state index contributed by atoms with van der Waals surface area (Å²) < 4.78 is 35.6. The topological polar surface area (TPSA) is 38.4 Å². The van der Waals surface area contributed by atoms with E-state index in [-0.39, 0.29) is 5.71 Å². The van der Waals surface area contributed by atoms with Crippen molar-refractivity contribution in [2.24, 2.45) is 10.7 Å². The first-order valence-electron chi connectivity index (χ1n) is 3.48. The molecule has 0 saturated heterocycles. The first-order valence-corrected chi connectivity index (χ1v) is 3.48. The highest BCUT2D eigenvalue weighted by Crippen LogP contribution is 2.21. The maximum atomic E-state index is 11.9. The SMILES string of the molecule is C=C(C)/N=C(C)\C=C(/N)C(F)(F)F. The van der Waals surface area contributed by atoms with Gasteiger partial charge < -0.3 is 5.73 Å². The maximum Gasteiger partial charge on any atom is 0.430 e. The summed E-state index contributed by atoms with van der Waals surface area (Å²) in [6.45, 7) is 6.43. The van der Waals surface area contributed by atoms with E-state index in [1.54, 1.807) is 6.92 Å². The highest BCUT2D eigenvalue weighted by Gasteiger charge is 2.31. The minimum absolute atomic E-state index is 0.183. The number of hydrogen-bond acceptors (Lipinski definition) is 2. The number of alkyl halides is 3. The summed E-state index contributed by atoms with van der Waals surface area (Å²) in [5.74, 6) is 0. The summed E-state index contributed by atoms with van der Waals surface area (Å²) >= 11 is 0. The Morgan fingerprint density at radius 2 is 1.85 bits per heavy atom. The molecule has 0 radical (unpaired) electrons. The van der Waals surface area contributed by atoms with E-state index in [0.29, 0.717) is 5.70 Å². The van der Waals surface area contributed by atoms with Crippen molar-refractivity contribution < 1.29 is 13.2 Å². The molecule has 0 aliphatic carbocycles. The number of hydrogen-bond donors (Lipinski definition) is 1. The second-order valence-corrected chi connectivity index (χ2v) is 2.59. The molecule has 0 aliphatic heterocycles. The quantitative estimate of drug-likeness (QED) is 0.670. The number of nitrogens with zero attached hydrogens (tertiary/aromatic N) is 1. The molecule has 13 heavy (non-hydrogen) atoms. The predicted octanol–water partition coefficient (Wildman–Crippen LogP) is 2.39. The van der Waals surface area contributed by atoms with Crippen molar-refractivity contribution in [1.29, 1.82) is 0 Å². The predicted molar refractivity (Wildman–Crippen MR) is 46.2 cm³/mol. The van der Waals surface area contributed by atoms with E-state index in [1.807, 2.05) is 0 Å². The molecule has 74 valence electrons. The molecule has 2 nitrogen and oxygen atoms in total. The first kappa shape index (κ1) is 11.7. The first-order chi connectivity index (χ1) is 5.73. The van der Waals surface area contributed by atoms with Crippen LogP contribution in [0.4, 0.5) is 13.2 Å². The molecule has 0 aromatic rings. The van der Waals surface area contributed by atoms with Gasteiger partial charge in [0.05, 0.1) is 0 Å². The van der Waals surface area contributed by atoms with Crippen LogP contribution in [0.25, 0.3) is 0 Å². The molecule has 0 saturated carbocycles. The fourth-order valence-corrected chi connectivity index (χ4v) is 0.640. The van der Waals surface area contributed by atoms with Crippen LogP contribution in [-0.4, -0.2) is 11.9 Å². The van der Waals surface area contributed by atoms with E-state index in [1.165, 1.54) is 6.92 Å². The lowest BCUT2D eigenvalue weighted by Crippen LogP contribution is -2.20. The van der Waals surface area contributed by atoms with E-state index in [4.69, 9.17) is 5.73 Å². The van der Waals surface area contributed by atoms with Gasteiger partial charge in [0.25, 0.3) is 0 Å². The fraction of sp³-hybridized carbons (Fsp3) is 0.375. The molecule has 0 rings (SSSR count). The maximum absolute atomic E-state index is 11.9. The molecule has 0 spiro atoms. The second kappa shape index (κ2) is 4.11. The van der Waals surface area contributed by atoms with Crippen LogP contribution in [0.5, 0.6) is 0 Å². The summed E-state index contributed by atoms with van der Waals surface area (Å²) in [6.07, 6.45) is -3.72. The van der Waals surface area contributed by atoms with E-state index in [9.17, 15) is 13.2 Å². The summed E-state index contributed by atoms with van der Waals surface area (Å²) in [7, 11) is 0. The minimum Gasteiger partial charge on any atom is -0.395 e. The van der Waals surface area contributed by atoms with Crippen LogP contribution >= 0.6 is 0 Å². The van der Waals surface area contributed by atoms with Gasteiger partial charge in [-0.2, -0.15) is 13.2 Å². The van der Waals surface area contributed by atoms with Crippen LogP contribution in [0.15, 0.2) is 29.0 Å². The molecule has 0 unspecified atom stereocenters. The molecule has 0 aliphatic rings. The number of halogens is 3. The van der Waals surface area contributed by atoms with Crippen molar-refractivity contribution in [2.45, 2.75) is 20.0 Å². The third-order valence-corrected chi connectivity index (χ3v) is 1.06. The zero-order chi connectivity index (χ0) is 10.6. The molecule has 5 heteroatoms. The summed E-state index contributed by atoms with van der Waals surface area (Å²) in [5.41, 5.74) is 4.21. The third kappa shape index (κ3) is 5.05. The van der Waals surface area contributed by atoms with Crippen molar-refractivity contribution >= 4 is 5.71 Å². The van der Waals surface area contributed by atoms with Gasteiger partial charge in [0.2, 0.25) is 0 Å². The molecule has 2 N–H and O–H groups in total. The highest BCUT2D eigenvalue weighted by molar-refractivity contribution is 5.94. The number of rotatable bonds is 2. The standard InChI is InChI=1S/C8H11F3N2/c1-5(2)13-6(3)4-7(12)8(9,10)11/h4H,1,12H2,2-3H3/b7-4-,13-6-. The highest BCUT2D eigenvalue weighted by atomic mass is 19.4. The van der Waals surface area contributed by atoms with Gasteiger partial charge in [0, 0.05) is 11.4 Å². The van der Waals surface area contributed by atoms with Crippen LogP contribution in [0.1, 0.15) is 13.8 Å². The summed E-state index contributed by atoms with van der Waals surface area (Å²) in [4.78, 5) is 3.70. The lowest BCUT2D eigenvalue weighted by atomic mass is 10.3. The van der Waals surface area contributed by atoms with E-state index in [2.05, 4.69) is 11.6 Å². The number of allylic oxidation sites excluding steroid dienone is 3. The Kier molecular flexibility index (Phi) is 3.71. The van der Waals surface area contributed by atoms with Gasteiger partial charge in [-0.3, -0.25) is 4.99 Å². The van der Waals surface area contributed by atoms with Crippen molar-refractivity contribution in [2.75, 3.05) is 0 Å². The van der Waals surface area contributed by atoms with Gasteiger partial charge in [-0.25, -0.2) is 0 Å². The normalized spacial score (nSPS) is 14.5. The number of nitrogens with two attached hydrogens (primary N) is 1. The zero-order valence-corrected chi connectivity index (χ0v) is 7.44. The van der Waals surface area contributed by atoms with E-state index < -0.39 is 11.9 Å². The van der Waals surface area contributed by atoms with Gasteiger partial charge in [-0.15, -0.1) is 0 Å². The van der Waals surface area contributed by atoms with Crippen molar-refractivity contribution in [3.63, 3.8) is 0 Å². The number of aliphatic imine (C=N–C) groups is 1. The molecule has 0 bridgehead atoms. The van der Waals surface area contributed by atoms with Crippen LogP contribution in [-0.2, 0) is 0 Å². The van der Waals surface area contributed by atoms with E-state index in [0.717, 1.165) is 6.08 Å². The van der Waals surface area contributed by atoms with Crippen LogP contribution in [0.2, 0.25) is 0 Å². The van der Waals surface area contributed by atoms with Gasteiger partial charge in [0.1, 0.15) is 5.70 Å². The Morgan fingerprint density at radius 1 is 1.38 bits per heavy atom. The molecule has 0 aromatic carbocycles. The van der Waals surface area contributed by atoms with Gasteiger partial charge in [-0.1, -0.05) is 6.58 Å². The largest absolute Gasteiger partial charge is 0.430 e. The van der Waals surface area contributed by atoms with Gasteiger partial charge >= 0.3 is 6.18 Å². The monoisotopic (exact) mass is 192 g/mol. The third-order valence-electron chi connectivity index (χ3n) is 1.06. The van der Waals surface area contributed by atoms with Crippen molar-refractivity contribution in [1.82, 2.24) is 0 Å². The Hall–Kier alpha value is -1.26.